The summed E-state index contributed by atoms with van der Waals surface area (Å²) in [7, 11) is 0. The second kappa shape index (κ2) is 14.5. The van der Waals surface area contributed by atoms with E-state index in [9.17, 15) is 14.4 Å². The van der Waals surface area contributed by atoms with Gasteiger partial charge in [0.2, 0.25) is 11.8 Å². The topological polar surface area (TPSA) is 140 Å². The van der Waals surface area contributed by atoms with Crippen LogP contribution in [0.3, 0.4) is 0 Å². The number of fused-ring (bicyclic) bond motifs is 1. The summed E-state index contributed by atoms with van der Waals surface area (Å²) < 4.78 is 4.70. The first-order chi connectivity index (χ1) is 25.4. The van der Waals surface area contributed by atoms with Gasteiger partial charge in [-0.2, -0.15) is 0 Å². The molecule has 0 bridgehead atoms. The number of aromatic nitrogens is 6. The fourth-order valence-corrected chi connectivity index (χ4v) is 7.33. The van der Waals surface area contributed by atoms with Crippen molar-refractivity contribution in [2.45, 2.75) is 38.3 Å². The van der Waals surface area contributed by atoms with Crippen LogP contribution in [-0.2, 0) is 16.1 Å². The number of rotatable bonds is 9. The first-order valence-corrected chi connectivity index (χ1v) is 18.2. The Kier molecular flexibility index (Phi) is 9.33. The van der Waals surface area contributed by atoms with Gasteiger partial charge in [-0.25, -0.2) is 9.67 Å². The van der Waals surface area contributed by atoms with Gasteiger partial charge in [0.15, 0.2) is 0 Å². The van der Waals surface area contributed by atoms with Crippen molar-refractivity contribution in [1.29, 1.82) is 0 Å². The number of halogens is 1. The van der Waals surface area contributed by atoms with Crippen LogP contribution in [0.15, 0.2) is 108 Å². The summed E-state index contributed by atoms with van der Waals surface area (Å²) in [5.41, 5.74) is 5.10. The number of carbonyl (C=O) groups excluding carboxylic acids is 3. The normalized spacial score (nSPS) is 18.5. The number of likely N-dealkylation sites (tertiary alicyclic amines) is 1. The number of benzene rings is 2. The molecule has 4 aromatic heterocycles. The molecule has 0 radical (unpaired) electrons. The maximum Gasteiger partial charge on any atom is 0.253 e. The average molecular weight is 759 g/mol. The molecular formula is C39H36BrN9O3. The number of piperidine rings is 1. The molecule has 52 heavy (non-hydrogen) atoms. The van der Waals surface area contributed by atoms with Crippen molar-refractivity contribution >= 4 is 50.4 Å². The summed E-state index contributed by atoms with van der Waals surface area (Å²) >= 11 is 3.35. The van der Waals surface area contributed by atoms with Crippen LogP contribution in [0.4, 0.5) is 5.82 Å². The number of hydrogen-bond acceptors (Lipinski definition) is 7. The first-order valence-electron chi connectivity index (χ1n) is 17.4. The smallest absolute Gasteiger partial charge is 0.253 e. The minimum absolute atomic E-state index is 0.0409. The number of anilines is 1. The van der Waals surface area contributed by atoms with Gasteiger partial charge >= 0.3 is 0 Å². The van der Waals surface area contributed by atoms with Crippen molar-refractivity contribution in [3.05, 3.63) is 119 Å². The van der Waals surface area contributed by atoms with E-state index in [0.717, 1.165) is 45.2 Å². The maximum atomic E-state index is 13.3. The monoisotopic (exact) mass is 757 g/mol. The Morgan fingerprint density at radius 2 is 1.73 bits per heavy atom. The van der Waals surface area contributed by atoms with Gasteiger partial charge in [0.05, 0.1) is 36.1 Å². The van der Waals surface area contributed by atoms with E-state index in [2.05, 4.69) is 81.7 Å². The lowest BCUT2D eigenvalue weighted by molar-refractivity contribution is -0.141. The predicted molar refractivity (Wildman–Crippen MR) is 199 cm³/mol. The highest BCUT2D eigenvalue weighted by Crippen LogP contribution is 2.32. The highest BCUT2D eigenvalue weighted by Gasteiger charge is 2.39. The zero-order chi connectivity index (χ0) is 35.6. The van der Waals surface area contributed by atoms with Gasteiger partial charge in [-0.15, -0.1) is 5.10 Å². The summed E-state index contributed by atoms with van der Waals surface area (Å²) in [6.45, 7) is 1.53. The molecule has 12 nitrogen and oxygen atoms in total. The van der Waals surface area contributed by atoms with E-state index < -0.39 is 0 Å². The molecule has 1 atom stereocenters. The number of nitrogens with one attached hydrogen (secondary N) is 2. The Bertz CT molecular complexity index is 2250. The second-order valence-corrected chi connectivity index (χ2v) is 14.4. The van der Waals surface area contributed by atoms with Crippen molar-refractivity contribution in [3.8, 4) is 16.9 Å². The molecule has 2 aliphatic rings. The van der Waals surface area contributed by atoms with Crippen LogP contribution in [-0.4, -0.2) is 71.3 Å². The lowest BCUT2D eigenvalue weighted by Crippen LogP contribution is -2.52. The standard InChI is InChI=1S/C39H36BrN9O3/c40-30-12-13-36(42-20-30)44-37(50)27-10-6-14-47(22-27)39(52)28-15-31(16-28)43-38(51)29-17-33(21-41-19-29)49-24-32(45-46-49)23-48-34-11-5-4-9-26(34)18-35(48)25-7-2-1-3-8-25/h1-5,7-9,11-13,17-21,24,27-28,31H,6,10,14-16,22-23H2,(H,43,51)(H,42,44,50). The van der Waals surface area contributed by atoms with Crippen molar-refractivity contribution < 1.29 is 14.4 Å². The van der Waals surface area contributed by atoms with E-state index in [4.69, 9.17) is 0 Å². The molecule has 1 saturated heterocycles. The molecule has 1 aliphatic heterocycles. The second-order valence-electron chi connectivity index (χ2n) is 13.4. The third kappa shape index (κ3) is 7.09. The van der Waals surface area contributed by atoms with Gasteiger partial charge < -0.3 is 20.1 Å². The van der Waals surface area contributed by atoms with Crippen molar-refractivity contribution in [2.75, 3.05) is 18.4 Å². The third-order valence-electron chi connectivity index (χ3n) is 9.90. The largest absolute Gasteiger partial charge is 0.349 e. The van der Waals surface area contributed by atoms with E-state index in [0.29, 0.717) is 49.5 Å². The number of pyridine rings is 2. The SMILES string of the molecule is O=C(NC1CC(C(=O)N2CCCC(C(=O)Nc3ccc(Br)cn3)C2)C1)c1cncc(-n2cc(Cn3c(-c4ccccc4)cc4ccccc43)nn2)c1. The van der Waals surface area contributed by atoms with Gasteiger partial charge in [-0.1, -0.05) is 53.7 Å². The summed E-state index contributed by atoms with van der Waals surface area (Å²) in [5.74, 6) is -0.332. The molecule has 8 rings (SSSR count). The van der Waals surface area contributed by atoms with Crippen LogP contribution in [0.1, 0.15) is 41.7 Å². The number of carbonyl (C=O) groups is 3. The molecule has 6 aromatic rings. The van der Waals surface area contributed by atoms with Crippen LogP contribution in [0, 0.1) is 11.8 Å². The van der Waals surface area contributed by atoms with Gasteiger partial charge in [-0.05, 0) is 77.5 Å². The van der Waals surface area contributed by atoms with Gasteiger partial charge in [-0.3, -0.25) is 19.4 Å². The molecule has 3 amide bonds. The van der Waals surface area contributed by atoms with E-state index in [-0.39, 0.29) is 35.6 Å². The lowest BCUT2D eigenvalue weighted by Gasteiger charge is -2.40. The highest BCUT2D eigenvalue weighted by molar-refractivity contribution is 9.10. The van der Waals surface area contributed by atoms with E-state index in [1.54, 1.807) is 34.1 Å². The van der Waals surface area contributed by atoms with E-state index >= 15 is 0 Å². The van der Waals surface area contributed by atoms with Gasteiger partial charge in [0, 0.05) is 58.5 Å². The molecular weight excluding hydrogens is 722 g/mol. The number of hydrogen-bond donors (Lipinski definition) is 2. The van der Waals surface area contributed by atoms with E-state index in [1.807, 2.05) is 42.6 Å². The molecule has 13 heteroatoms. The van der Waals surface area contributed by atoms with Gasteiger partial charge in [0.25, 0.3) is 5.91 Å². The molecule has 1 unspecified atom stereocenters. The quantitative estimate of drug-likeness (QED) is 0.188. The fourth-order valence-electron chi connectivity index (χ4n) is 7.10. The molecule has 2 N–H and O–H groups in total. The number of nitrogens with zero attached hydrogens (tertiary/aromatic N) is 7. The summed E-state index contributed by atoms with van der Waals surface area (Å²) in [6, 6.07) is 25.9. The molecule has 5 heterocycles. The predicted octanol–water partition coefficient (Wildman–Crippen LogP) is 5.88. The van der Waals surface area contributed by atoms with Crippen LogP contribution >= 0.6 is 15.9 Å². The van der Waals surface area contributed by atoms with Crippen molar-refractivity contribution in [3.63, 3.8) is 0 Å². The van der Waals surface area contributed by atoms with Crippen LogP contribution in [0.5, 0.6) is 0 Å². The zero-order valence-electron chi connectivity index (χ0n) is 28.2. The fraction of sp³-hybridized carbons (Fsp3) is 0.256. The lowest BCUT2D eigenvalue weighted by atomic mass is 9.78. The average Bonchev–Trinajstić information content (AvgIpc) is 3.79. The Balaban J connectivity index is 0.868. The Morgan fingerprint density at radius 3 is 2.56 bits per heavy atom. The van der Waals surface area contributed by atoms with Crippen LogP contribution in [0.2, 0.25) is 0 Å². The van der Waals surface area contributed by atoms with Crippen LogP contribution in [0.25, 0.3) is 27.8 Å². The summed E-state index contributed by atoms with van der Waals surface area (Å²) in [4.78, 5) is 49.8. The minimum atomic E-state index is -0.292. The molecule has 1 aliphatic carbocycles. The van der Waals surface area contributed by atoms with E-state index in [1.165, 1.54) is 6.20 Å². The molecule has 2 fully saturated rings. The van der Waals surface area contributed by atoms with Crippen molar-refractivity contribution in [1.82, 2.24) is 39.7 Å². The zero-order valence-corrected chi connectivity index (χ0v) is 29.8. The maximum absolute atomic E-state index is 13.3. The summed E-state index contributed by atoms with van der Waals surface area (Å²) in [5, 5.41) is 15.9. The first kappa shape index (κ1) is 33.5. The summed E-state index contributed by atoms with van der Waals surface area (Å²) in [6.07, 6.45) is 9.26. The van der Waals surface area contributed by atoms with Crippen LogP contribution < -0.4 is 10.6 Å². The Morgan fingerprint density at radius 1 is 0.904 bits per heavy atom. The molecule has 0 spiro atoms. The third-order valence-corrected chi connectivity index (χ3v) is 10.4. The molecule has 1 saturated carbocycles. The Hall–Kier alpha value is -5.69. The Labute approximate surface area is 308 Å². The number of para-hydroxylation sites is 1. The van der Waals surface area contributed by atoms with Gasteiger partial charge in [0.1, 0.15) is 11.5 Å². The molecule has 262 valence electrons. The van der Waals surface area contributed by atoms with Crippen molar-refractivity contribution in [2.24, 2.45) is 11.8 Å². The minimum Gasteiger partial charge on any atom is -0.349 e. The molecule has 2 aromatic carbocycles. The number of amides is 3. The highest BCUT2D eigenvalue weighted by atomic mass is 79.9.